The Morgan fingerprint density at radius 2 is 2.20 bits per heavy atom. The molecule has 1 aliphatic rings. The monoisotopic (exact) mass is 226 g/mol. The molecule has 2 N–H and O–H groups in total. The van der Waals surface area contributed by atoms with Crippen molar-refractivity contribution in [1.29, 1.82) is 0 Å². The van der Waals surface area contributed by atoms with E-state index in [0.29, 0.717) is 0 Å². The minimum absolute atomic E-state index is 0.0710. The topological polar surface area (TPSA) is 50.4 Å². The summed E-state index contributed by atoms with van der Waals surface area (Å²) in [6, 6.07) is -1.35. The molecule has 4 nitrogen and oxygen atoms in total. The zero-order chi connectivity index (χ0) is 11.5. The maximum Gasteiger partial charge on any atom is 0.393 e. The normalized spacial score (nSPS) is 27.5. The molecule has 1 saturated heterocycles. The largest absolute Gasteiger partial charge is 0.465 e. The van der Waals surface area contributed by atoms with Gasteiger partial charge in [-0.15, -0.1) is 0 Å². The second-order valence-electron chi connectivity index (χ2n) is 3.24. The van der Waals surface area contributed by atoms with Gasteiger partial charge in [-0.05, 0) is 13.3 Å². The molecule has 7 heteroatoms. The Balaban J connectivity index is 2.70. The molecule has 88 valence electrons. The second-order valence-corrected chi connectivity index (χ2v) is 3.24. The first-order valence-corrected chi connectivity index (χ1v) is 4.68. The molecule has 1 fully saturated rings. The molecule has 0 aromatic heterocycles. The van der Waals surface area contributed by atoms with Gasteiger partial charge in [-0.25, -0.2) is 5.43 Å². The number of hydrazine groups is 1. The van der Waals surface area contributed by atoms with Crippen LogP contribution in [0.2, 0.25) is 0 Å². The van der Waals surface area contributed by atoms with E-state index in [1.807, 2.05) is 0 Å². The van der Waals surface area contributed by atoms with Crippen LogP contribution in [0, 0.1) is 5.92 Å². The quantitative estimate of drug-likeness (QED) is 0.677. The predicted octanol–water partition coefficient (Wildman–Crippen LogP) is 0.594. The van der Waals surface area contributed by atoms with E-state index >= 15 is 0 Å². The number of carbonyl (C=O) groups is 1. The number of rotatable bonds is 2. The van der Waals surface area contributed by atoms with Gasteiger partial charge >= 0.3 is 12.1 Å². The molecule has 2 atom stereocenters. The van der Waals surface area contributed by atoms with Gasteiger partial charge < -0.3 is 4.74 Å². The summed E-state index contributed by atoms with van der Waals surface area (Å²) in [5.74, 6) is -2.55. The zero-order valence-electron chi connectivity index (χ0n) is 8.23. The van der Waals surface area contributed by atoms with E-state index in [-0.39, 0.29) is 19.6 Å². The van der Waals surface area contributed by atoms with Crippen molar-refractivity contribution in [2.75, 3.05) is 13.2 Å². The van der Waals surface area contributed by atoms with Crippen LogP contribution in [0.5, 0.6) is 0 Å². The van der Waals surface area contributed by atoms with Crippen LogP contribution < -0.4 is 10.9 Å². The second kappa shape index (κ2) is 4.80. The molecule has 15 heavy (non-hydrogen) atoms. The van der Waals surface area contributed by atoms with Crippen molar-refractivity contribution >= 4 is 5.97 Å². The van der Waals surface area contributed by atoms with Gasteiger partial charge in [0.15, 0.2) is 0 Å². The van der Waals surface area contributed by atoms with E-state index in [1.165, 1.54) is 0 Å². The van der Waals surface area contributed by atoms with E-state index in [1.54, 1.807) is 6.92 Å². The third-order valence-electron chi connectivity index (χ3n) is 2.20. The van der Waals surface area contributed by atoms with Crippen LogP contribution in [0.25, 0.3) is 0 Å². The minimum atomic E-state index is -4.38. The molecule has 2 unspecified atom stereocenters. The highest BCUT2D eigenvalue weighted by molar-refractivity contribution is 5.76. The van der Waals surface area contributed by atoms with Crippen molar-refractivity contribution in [3.63, 3.8) is 0 Å². The summed E-state index contributed by atoms with van der Waals surface area (Å²) in [7, 11) is 0. The van der Waals surface area contributed by atoms with Crippen LogP contribution in [0.1, 0.15) is 13.3 Å². The van der Waals surface area contributed by atoms with Crippen molar-refractivity contribution in [2.45, 2.75) is 25.6 Å². The molecule has 1 aliphatic heterocycles. The summed E-state index contributed by atoms with van der Waals surface area (Å²) in [4.78, 5) is 11.2. The Kier molecular flexibility index (Phi) is 3.92. The fraction of sp³-hybridized carbons (Fsp3) is 0.875. The number of esters is 1. The first-order valence-electron chi connectivity index (χ1n) is 4.68. The molecule has 0 aromatic carbocycles. The van der Waals surface area contributed by atoms with Crippen molar-refractivity contribution in [2.24, 2.45) is 5.92 Å². The van der Waals surface area contributed by atoms with Crippen molar-refractivity contribution in [3.8, 4) is 0 Å². The predicted molar refractivity (Wildman–Crippen MR) is 45.7 cm³/mol. The number of ether oxygens (including phenoxy) is 1. The molecule has 0 aliphatic carbocycles. The van der Waals surface area contributed by atoms with Crippen LogP contribution in [-0.2, 0) is 9.53 Å². The number of hydrogen-bond acceptors (Lipinski definition) is 4. The maximum absolute atomic E-state index is 12.5. The van der Waals surface area contributed by atoms with Crippen LogP contribution >= 0.6 is 0 Å². The summed E-state index contributed by atoms with van der Waals surface area (Å²) in [6.07, 6.45) is -4.51. The summed E-state index contributed by atoms with van der Waals surface area (Å²) in [6.45, 7) is 1.80. The van der Waals surface area contributed by atoms with E-state index in [0.717, 1.165) is 0 Å². The number of alkyl halides is 3. The van der Waals surface area contributed by atoms with Gasteiger partial charge in [0.2, 0.25) is 0 Å². The van der Waals surface area contributed by atoms with Gasteiger partial charge in [0.1, 0.15) is 6.04 Å². The number of nitrogens with one attached hydrogen (secondary N) is 2. The SMILES string of the molecule is CCOC(=O)C1NNCCC1C(F)(F)F. The lowest BCUT2D eigenvalue weighted by Crippen LogP contribution is -2.59. The number of halogens is 3. The summed E-state index contributed by atoms with van der Waals surface area (Å²) in [5.41, 5.74) is 4.84. The fourth-order valence-corrected chi connectivity index (χ4v) is 1.48. The average Bonchev–Trinajstić information content (AvgIpc) is 2.17. The summed E-state index contributed by atoms with van der Waals surface area (Å²) < 4.78 is 42.1. The third kappa shape index (κ3) is 3.07. The first-order chi connectivity index (χ1) is 6.96. The highest BCUT2D eigenvalue weighted by Crippen LogP contribution is 2.32. The van der Waals surface area contributed by atoms with Crippen LogP contribution in [-0.4, -0.2) is 31.3 Å². The summed E-state index contributed by atoms with van der Waals surface area (Å²) in [5, 5.41) is 0. The standard InChI is InChI=1S/C8H13F3N2O2/c1-2-15-7(14)6-5(8(9,10)11)3-4-12-13-6/h5-6,12-13H,2-4H2,1H3. The Bertz CT molecular complexity index is 232. The fourth-order valence-electron chi connectivity index (χ4n) is 1.48. The average molecular weight is 226 g/mol. The number of carbonyl (C=O) groups excluding carboxylic acids is 1. The van der Waals surface area contributed by atoms with E-state index in [9.17, 15) is 18.0 Å². The smallest absolute Gasteiger partial charge is 0.393 e. The molecule has 0 aromatic rings. The zero-order valence-corrected chi connectivity index (χ0v) is 8.23. The Morgan fingerprint density at radius 3 is 2.73 bits per heavy atom. The van der Waals surface area contributed by atoms with E-state index < -0.39 is 24.1 Å². The lowest BCUT2D eigenvalue weighted by molar-refractivity contribution is -0.197. The molecular weight excluding hydrogens is 213 g/mol. The Labute approximate surface area is 85.1 Å². The molecule has 0 bridgehead atoms. The lowest BCUT2D eigenvalue weighted by Gasteiger charge is -2.32. The first kappa shape index (κ1) is 12.3. The Hall–Kier alpha value is -0.820. The van der Waals surface area contributed by atoms with Crippen molar-refractivity contribution < 1.29 is 22.7 Å². The van der Waals surface area contributed by atoms with E-state index in [4.69, 9.17) is 0 Å². The maximum atomic E-state index is 12.5. The molecule has 0 amide bonds. The molecule has 1 heterocycles. The molecule has 1 rings (SSSR count). The molecule has 0 radical (unpaired) electrons. The van der Waals surface area contributed by atoms with Gasteiger partial charge in [0.25, 0.3) is 0 Å². The minimum Gasteiger partial charge on any atom is -0.465 e. The van der Waals surface area contributed by atoms with Gasteiger partial charge in [-0.2, -0.15) is 13.2 Å². The summed E-state index contributed by atoms with van der Waals surface area (Å²) >= 11 is 0. The van der Waals surface area contributed by atoms with Gasteiger partial charge in [-0.3, -0.25) is 10.2 Å². The number of hydrogen-bond donors (Lipinski definition) is 2. The van der Waals surface area contributed by atoms with Crippen LogP contribution in [0.4, 0.5) is 13.2 Å². The van der Waals surface area contributed by atoms with Gasteiger partial charge in [-0.1, -0.05) is 0 Å². The molecule has 0 saturated carbocycles. The highest BCUT2D eigenvalue weighted by Gasteiger charge is 2.49. The van der Waals surface area contributed by atoms with E-state index in [2.05, 4.69) is 15.6 Å². The lowest BCUT2D eigenvalue weighted by atomic mass is 9.94. The molecular formula is C8H13F3N2O2. The van der Waals surface area contributed by atoms with Crippen LogP contribution in [0.3, 0.4) is 0 Å². The van der Waals surface area contributed by atoms with Crippen LogP contribution in [0.15, 0.2) is 0 Å². The van der Waals surface area contributed by atoms with Crippen molar-refractivity contribution in [3.05, 3.63) is 0 Å². The molecule has 0 spiro atoms. The van der Waals surface area contributed by atoms with Gasteiger partial charge in [0.05, 0.1) is 12.5 Å². The van der Waals surface area contributed by atoms with Gasteiger partial charge in [0, 0.05) is 6.54 Å². The Morgan fingerprint density at radius 1 is 1.53 bits per heavy atom. The van der Waals surface area contributed by atoms with Crippen molar-refractivity contribution in [1.82, 2.24) is 10.9 Å². The third-order valence-corrected chi connectivity index (χ3v) is 2.20. The highest BCUT2D eigenvalue weighted by atomic mass is 19.4.